The van der Waals surface area contributed by atoms with Gasteiger partial charge in [-0.05, 0) is 39.3 Å². The molecule has 3 unspecified atom stereocenters. The van der Waals surface area contributed by atoms with Crippen LogP contribution < -0.4 is 12.4 Å². The first-order valence-corrected chi connectivity index (χ1v) is 7.87. The third-order valence-corrected chi connectivity index (χ3v) is 4.87. The summed E-state index contributed by atoms with van der Waals surface area (Å²) in [7, 11) is 0. The van der Waals surface area contributed by atoms with Crippen molar-refractivity contribution in [3.8, 4) is 0 Å². The minimum Gasteiger partial charge on any atom is -1.00 e. The number of hydrogen-bond acceptors (Lipinski definition) is 4. The van der Waals surface area contributed by atoms with Gasteiger partial charge in [-0.2, -0.15) is 0 Å². The zero-order valence-electron chi connectivity index (χ0n) is 14.3. The summed E-state index contributed by atoms with van der Waals surface area (Å²) < 4.78 is 5.57. The molecule has 5 heteroatoms. The topological polar surface area (TPSA) is 49.8 Å². The molecule has 0 radical (unpaired) electrons. The predicted octanol–water partition coefficient (Wildman–Crippen LogP) is -0.762. The first-order valence-electron chi connectivity index (χ1n) is 7.87. The fraction of sp³-hybridized carbons (Fsp3) is 0.812. The van der Waals surface area contributed by atoms with Gasteiger partial charge in [-0.3, -0.25) is 0 Å². The summed E-state index contributed by atoms with van der Waals surface area (Å²) in [6, 6.07) is 0. The van der Waals surface area contributed by atoms with Gasteiger partial charge in [0.25, 0.3) is 0 Å². The molecule has 122 valence electrons. The van der Waals surface area contributed by atoms with Crippen LogP contribution in [0.25, 0.3) is 0 Å². The lowest BCUT2D eigenvalue weighted by atomic mass is 9.77. The van der Waals surface area contributed by atoms with E-state index in [1.54, 1.807) is 0 Å². The van der Waals surface area contributed by atoms with Gasteiger partial charge in [0.05, 0.1) is 6.10 Å². The first-order chi connectivity index (χ1) is 9.56. The minimum atomic E-state index is -0.311. The molecule has 1 aliphatic carbocycles. The Labute approximate surface area is 135 Å². The number of aliphatic hydroxyl groups excluding tert-OH is 1. The molecular weight excluding hydrogens is 290 g/mol. The summed E-state index contributed by atoms with van der Waals surface area (Å²) in [5.74, 6) is 0.160. The quantitative estimate of drug-likeness (QED) is 0.677. The SMILES string of the molecule is CCN(CC)CCC1=C(C)C2CCC(O)CC2OC1=O.[Cl-].[H+]. The molecule has 3 atom stereocenters. The number of esters is 1. The highest BCUT2D eigenvalue weighted by molar-refractivity contribution is 5.90. The van der Waals surface area contributed by atoms with E-state index in [9.17, 15) is 9.90 Å². The number of rotatable bonds is 5. The summed E-state index contributed by atoms with van der Waals surface area (Å²) in [4.78, 5) is 14.5. The zero-order chi connectivity index (χ0) is 14.7. The highest BCUT2D eigenvalue weighted by atomic mass is 35.5. The van der Waals surface area contributed by atoms with Crippen molar-refractivity contribution in [2.45, 2.75) is 58.7 Å². The van der Waals surface area contributed by atoms with Gasteiger partial charge >= 0.3 is 7.40 Å². The van der Waals surface area contributed by atoms with E-state index in [-0.39, 0.29) is 32.0 Å². The fourth-order valence-electron chi connectivity index (χ4n) is 3.44. The number of hydrogen-bond donors (Lipinski definition) is 1. The largest absolute Gasteiger partial charge is 1.00 e. The van der Waals surface area contributed by atoms with Crippen LogP contribution in [0.3, 0.4) is 0 Å². The van der Waals surface area contributed by atoms with Gasteiger partial charge in [0.2, 0.25) is 0 Å². The van der Waals surface area contributed by atoms with Crippen molar-refractivity contribution < 1.29 is 28.5 Å². The molecule has 0 bridgehead atoms. The third kappa shape index (κ3) is 4.21. The second-order valence-corrected chi connectivity index (χ2v) is 5.96. The lowest BCUT2D eigenvalue weighted by Crippen LogP contribution is -3.00. The van der Waals surface area contributed by atoms with Crippen molar-refractivity contribution in [1.29, 1.82) is 0 Å². The maximum Gasteiger partial charge on any atom is 1.00 e. The van der Waals surface area contributed by atoms with Crippen LogP contribution in [0.5, 0.6) is 0 Å². The molecule has 1 N–H and O–H groups in total. The van der Waals surface area contributed by atoms with Gasteiger partial charge in [0, 0.05) is 24.5 Å². The van der Waals surface area contributed by atoms with E-state index < -0.39 is 0 Å². The Hall–Kier alpha value is -0.580. The van der Waals surface area contributed by atoms with E-state index in [0.717, 1.165) is 44.5 Å². The molecular formula is C16H28ClNO3. The summed E-state index contributed by atoms with van der Waals surface area (Å²) in [5, 5.41) is 9.71. The van der Waals surface area contributed by atoms with Crippen molar-refractivity contribution in [3.05, 3.63) is 11.1 Å². The van der Waals surface area contributed by atoms with Crippen LogP contribution in [0, 0.1) is 5.92 Å². The van der Waals surface area contributed by atoms with Gasteiger partial charge in [-0.15, -0.1) is 0 Å². The Kier molecular flexibility index (Phi) is 7.17. The van der Waals surface area contributed by atoms with Crippen LogP contribution in [-0.2, 0) is 9.53 Å². The predicted molar refractivity (Wildman–Crippen MR) is 79.4 cm³/mol. The van der Waals surface area contributed by atoms with Crippen molar-refractivity contribution in [2.24, 2.45) is 5.92 Å². The maximum absolute atomic E-state index is 12.2. The van der Waals surface area contributed by atoms with Crippen molar-refractivity contribution >= 4 is 5.97 Å². The summed E-state index contributed by atoms with van der Waals surface area (Å²) in [6.45, 7) is 9.29. The Balaban J connectivity index is 0.00000220. The maximum atomic E-state index is 12.2. The number of fused-ring (bicyclic) bond motifs is 1. The van der Waals surface area contributed by atoms with Crippen molar-refractivity contribution in [2.75, 3.05) is 19.6 Å². The van der Waals surface area contributed by atoms with E-state index in [0.29, 0.717) is 12.3 Å². The molecule has 2 rings (SSSR count). The molecule has 0 aromatic heterocycles. The highest BCUT2D eigenvalue weighted by Gasteiger charge is 2.39. The number of carbonyl (C=O) groups excluding carboxylic acids is 1. The van der Waals surface area contributed by atoms with E-state index >= 15 is 0 Å². The Morgan fingerprint density at radius 3 is 2.62 bits per heavy atom. The van der Waals surface area contributed by atoms with Crippen LogP contribution in [0.1, 0.15) is 47.9 Å². The summed E-state index contributed by atoms with van der Waals surface area (Å²) >= 11 is 0. The smallest absolute Gasteiger partial charge is 1.00 e. The minimum absolute atomic E-state index is 0. The number of aliphatic hydroxyl groups is 1. The summed E-state index contributed by atoms with van der Waals surface area (Å²) in [5.41, 5.74) is 2.07. The standard InChI is InChI=1S/C16H27NO3.ClH/c1-4-17(5-2)9-8-14-11(3)13-7-6-12(18)10-15(13)20-16(14)19;/h12-13,15,18H,4-10H2,1-3H3;1H. The molecule has 0 aromatic rings. The molecule has 4 nitrogen and oxygen atoms in total. The molecule has 1 saturated carbocycles. The highest BCUT2D eigenvalue weighted by Crippen LogP contribution is 2.38. The number of halogens is 1. The van der Waals surface area contributed by atoms with Crippen molar-refractivity contribution in [3.63, 3.8) is 0 Å². The average molecular weight is 318 g/mol. The molecule has 1 fully saturated rings. The number of carbonyl (C=O) groups is 1. The second kappa shape index (κ2) is 8.16. The molecule has 0 amide bonds. The Bertz CT molecular complexity index is 399. The molecule has 21 heavy (non-hydrogen) atoms. The van der Waals surface area contributed by atoms with Crippen molar-refractivity contribution in [1.82, 2.24) is 4.90 Å². The average Bonchev–Trinajstić information content (AvgIpc) is 2.42. The van der Waals surface area contributed by atoms with Gasteiger partial charge in [-0.25, -0.2) is 4.79 Å². The molecule has 2 aliphatic rings. The van der Waals surface area contributed by atoms with Gasteiger partial charge in [0.15, 0.2) is 0 Å². The van der Waals surface area contributed by atoms with Crippen LogP contribution in [-0.4, -0.2) is 47.8 Å². The molecule has 0 saturated heterocycles. The lowest BCUT2D eigenvalue weighted by Gasteiger charge is -2.38. The van der Waals surface area contributed by atoms with E-state index in [1.165, 1.54) is 5.57 Å². The summed E-state index contributed by atoms with van der Waals surface area (Å²) in [6.07, 6.45) is 2.70. The molecule has 1 aliphatic heterocycles. The van der Waals surface area contributed by atoms with E-state index in [4.69, 9.17) is 4.74 Å². The third-order valence-electron chi connectivity index (χ3n) is 4.87. The second-order valence-electron chi connectivity index (χ2n) is 5.96. The Morgan fingerprint density at radius 1 is 1.33 bits per heavy atom. The van der Waals surface area contributed by atoms with E-state index in [1.807, 2.05) is 0 Å². The van der Waals surface area contributed by atoms with Gasteiger partial charge in [0.1, 0.15) is 6.10 Å². The molecule has 1 heterocycles. The lowest BCUT2D eigenvalue weighted by molar-refractivity contribution is -0.153. The van der Waals surface area contributed by atoms with Crippen LogP contribution in [0.2, 0.25) is 0 Å². The zero-order valence-corrected chi connectivity index (χ0v) is 14.0. The van der Waals surface area contributed by atoms with E-state index in [2.05, 4.69) is 25.7 Å². The van der Waals surface area contributed by atoms with Crippen LogP contribution >= 0.6 is 0 Å². The molecule has 0 aromatic carbocycles. The van der Waals surface area contributed by atoms with Gasteiger partial charge < -0.3 is 27.2 Å². The number of nitrogens with zero attached hydrogens (tertiary/aromatic N) is 1. The Morgan fingerprint density at radius 2 is 2.00 bits per heavy atom. The molecule has 0 spiro atoms. The first kappa shape index (κ1) is 18.5. The fourth-order valence-corrected chi connectivity index (χ4v) is 3.44. The van der Waals surface area contributed by atoms with Gasteiger partial charge in [-0.1, -0.05) is 19.4 Å². The normalized spacial score (nSPS) is 29.0. The number of ether oxygens (including phenoxy) is 1. The van der Waals surface area contributed by atoms with Crippen LogP contribution in [0.15, 0.2) is 11.1 Å². The monoisotopic (exact) mass is 317 g/mol. The van der Waals surface area contributed by atoms with Crippen LogP contribution in [0.4, 0.5) is 0 Å².